The van der Waals surface area contributed by atoms with Gasteiger partial charge in [-0.1, -0.05) is 0 Å². The van der Waals surface area contributed by atoms with Crippen molar-refractivity contribution < 1.29 is 41.1 Å². The van der Waals surface area contributed by atoms with Crippen molar-refractivity contribution in [1.29, 1.82) is 0 Å². The van der Waals surface area contributed by atoms with Gasteiger partial charge >= 0.3 is 18.7 Å². The van der Waals surface area contributed by atoms with Crippen molar-refractivity contribution in [3.8, 4) is 0 Å². The maximum absolute atomic E-state index is 13.6. The van der Waals surface area contributed by atoms with Gasteiger partial charge in [-0.3, -0.25) is 18.6 Å². The molecule has 0 radical (unpaired) electrons. The Morgan fingerprint density at radius 1 is 0.818 bits per heavy atom. The molecule has 11 nitrogen and oxygen atoms in total. The quantitative estimate of drug-likeness (QED) is 0.211. The van der Waals surface area contributed by atoms with Gasteiger partial charge in [-0.15, -0.1) is 0 Å². The van der Waals surface area contributed by atoms with Gasteiger partial charge in [0.05, 0.1) is 16.6 Å². The fourth-order valence-corrected chi connectivity index (χ4v) is 7.21. The van der Waals surface area contributed by atoms with Crippen LogP contribution in [0.2, 0.25) is 0 Å². The van der Waals surface area contributed by atoms with Gasteiger partial charge in [0.2, 0.25) is 12.6 Å². The number of carbonyl (C=O) groups is 2. The second kappa shape index (κ2) is 12.6. The summed E-state index contributed by atoms with van der Waals surface area (Å²) in [6.45, 7) is 7.70. The summed E-state index contributed by atoms with van der Waals surface area (Å²) >= 11 is 0. The zero-order valence-electron chi connectivity index (χ0n) is 21.4. The highest BCUT2D eigenvalue weighted by Gasteiger charge is 2.47. The van der Waals surface area contributed by atoms with Crippen LogP contribution in [0.15, 0.2) is 0 Å². The average molecular weight is 517 g/mol. The maximum atomic E-state index is 13.6. The fourth-order valence-electron chi connectivity index (χ4n) is 2.37. The van der Waals surface area contributed by atoms with E-state index in [4.69, 9.17) is 18.5 Å². The van der Waals surface area contributed by atoms with Gasteiger partial charge in [0.25, 0.3) is 9.46 Å². The van der Waals surface area contributed by atoms with Crippen LogP contribution in [-0.2, 0) is 42.1 Å². The monoisotopic (exact) mass is 516 g/mol. The van der Waals surface area contributed by atoms with E-state index in [1.54, 1.807) is 55.6 Å². The third-order valence-corrected chi connectivity index (χ3v) is 9.79. The van der Waals surface area contributed by atoms with Gasteiger partial charge in [0, 0.05) is 0 Å². The molecule has 0 spiro atoms. The van der Waals surface area contributed by atoms with Crippen LogP contribution in [0, 0.1) is 16.7 Å². The lowest BCUT2D eigenvalue weighted by Crippen LogP contribution is -2.35. The molecule has 196 valence electrons. The van der Waals surface area contributed by atoms with Crippen LogP contribution in [0.3, 0.4) is 0 Å². The van der Waals surface area contributed by atoms with Crippen molar-refractivity contribution in [1.82, 2.24) is 10.6 Å². The predicted octanol–water partition coefficient (Wildman–Crippen LogP) is 2.47. The number of carbonyl (C=O) groups excluding carboxylic acids is 2. The summed E-state index contributed by atoms with van der Waals surface area (Å²) in [5, 5.41) is 5.76. The second-order valence-corrected chi connectivity index (χ2v) is 15.7. The molecule has 13 heteroatoms. The molecule has 0 bridgehead atoms. The van der Waals surface area contributed by atoms with E-state index in [-0.39, 0.29) is 0 Å². The average Bonchev–Trinajstić information content (AvgIpc) is 2.59. The highest BCUT2D eigenvalue weighted by atomic mass is 32.8. The zero-order valence-corrected chi connectivity index (χ0v) is 23.1. The van der Waals surface area contributed by atoms with Gasteiger partial charge in [0.1, 0.15) is 0 Å². The molecule has 0 rings (SSSR count). The molecule has 0 saturated heterocycles. The minimum Gasteiger partial charge on any atom is -0.435 e. The Hall–Kier alpha value is -1.04. The topological polar surface area (TPSA) is 146 Å². The van der Waals surface area contributed by atoms with Crippen molar-refractivity contribution in [2.75, 3.05) is 32.9 Å². The first-order valence-corrected chi connectivity index (χ1v) is 14.5. The summed E-state index contributed by atoms with van der Waals surface area (Å²) in [6.07, 6.45) is -3.01. The van der Waals surface area contributed by atoms with Crippen LogP contribution in [-0.4, -0.2) is 65.9 Å². The summed E-state index contributed by atoms with van der Waals surface area (Å²) in [5.41, 5.74) is -1.80. The Labute approximate surface area is 197 Å². The van der Waals surface area contributed by atoms with Crippen molar-refractivity contribution >= 4 is 28.2 Å². The Morgan fingerprint density at radius 3 is 1.42 bits per heavy atom. The van der Waals surface area contributed by atoms with Crippen LogP contribution in [0.4, 0.5) is 0 Å². The summed E-state index contributed by atoms with van der Waals surface area (Å²) in [4.78, 5) is 24.3. The molecule has 2 N–H and O–H groups in total. The largest absolute Gasteiger partial charge is 0.451 e. The van der Waals surface area contributed by atoms with Crippen LogP contribution < -0.4 is 10.6 Å². The Balaban J connectivity index is 5.93. The number of nitrogens with one attached hydrogen (secondary N) is 2. The third kappa shape index (κ3) is 10.8. The summed E-state index contributed by atoms with van der Waals surface area (Å²) < 4.78 is 60.7. The lowest BCUT2D eigenvalue weighted by atomic mass is 9.97. The number of hydrogen-bond donors (Lipinski definition) is 2. The highest BCUT2D eigenvalue weighted by Crippen LogP contribution is 2.57. The summed E-state index contributed by atoms with van der Waals surface area (Å²) in [7, 11) is -1.24. The van der Waals surface area contributed by atoms with Crippen molar-refractivity contribution in [3.05, 3.63) is 0 Å². The summed E-state index contributed by atoms with van der Waals surface area (Å²) in [5.74, 6) is -2.39. The van der Waals surface area contributed by atoms with Crippen LogP contribution in [0.25, 0.3) is 0 Å². The van der Waals surface area contributed by atoms with E-state index in [1.165, 1.54) is 13.8 Å². The molecule has 0 heterocycles. The SMILES string of the molecule is CNCC(CNC)CS(=O)(=O)P(=O)(OC(C)OC(=O)C(C)(C)C)OC(C)OC(=O)C(C)(C)C. The number of esters is 2. The molecule has 0 aromatic heterocycles. The van der Waals surface area contributed by atoms with Gasteiger partial charge in [-0.05, 0) is 88.5 Å². The summed E-state index contributed by atoms with van der Waals surface area (Å²) in [6, 6.07) is 0. The van der Waals surface area contributed by atoms with Crippen molar-refractivity contribution in [2.45, 2.75) is 68.0 Å². The van der Waals surface area contributed by atoms with E-state index < -0.39 is 63.3 Å². The molecule has 0 aromatic carbocycles. The Bertz CT molecular complexity index is 757. The zero-order chi connectivity index (χ0) is 26.3. The van der Waals surface area contributed by atoms with Crippen LogP contribution in [0.5, 0.6) is 0 Å². The number of ether oxygens (including phenoxy) is 2. The van der Waals surface area contributed by atoms with Gasteiger partial charge in [-0.25, -0.2) is 13.0 Å². The molecule has 2 atom stereocenters. The molecule has 0 aliphatic rings. The third-order valence-electron chi connectivity index (χ3n) is 4.10. The molecule has 0 saturated carbocycles. The molecular weight excluding hydrogens is 475 g/mol. The maximum Gasteiger partial charge on any atom is 0.451 e. The van der Waals surface area contributed by atoms with Crippen molar-refractivity contribution in [2.24, 2.45) is 16.7 Å². The van der Waals surface area contributed by atoms with E-state index >= 15 is 0 Å². The van der Waals surface area contributed by atoms with Crippen LogP contribution >= 0.6 is 6.80 Å². The van der Waals surface area contributed by atoms with Crippen LogP contribution in [0.1, 0.15) is 55.4 Å². The predicted molar refractivity (Wildman–Crippen MR) is 125 cm³/mol. The van der Waals surface area contributed by atoms with Gasteiger partial charge in [-0.2, -0.15) is 0 Å². The highest BCUT2D eigenvalue weighted by molar-refractivity contribution is 8.49. The molecule has 2 unspecified atom stereocenters. The minimum absolute atomic E-state index is 0.309. The first kappa shape index (κ1) is 32.0. The molecule has 0 aliphatic heterocycles. The smallest absolute Gasteiger partial charge is 0.435 e. The molecule has 0 aromatic rings. The van der Waals surface area contributed by atoms with Gasteiger partial charge < -0.3 is 20.1 Å². The second-order valence-electron chi connectivity index (χ2n) is 9.83. The van der Waals surface area contributed by atoms with E-state index in [2.05, 4.69) is 10.6 Å². The van der Waals surface area contributed by atoms with E-state index in [0.29, 0.717) is 13.1 Å². The Morgan fingerprint density at radius 2 is 1.15 bits per heavy atom. The number of rotatable bonds is 13. The normalized spacial score (nSPS) is 16.7. The van der Waals surface area contributed by atoms with Gasteiger partial charge in [0.15, 0.2) is 0 Å². The molecular formula is C20H41N2O9PS. The molecule has 0 fully saturated rings. The Kier molecular flexibility index (Phi) is 12.2. The number of hydrogen-bond acceptors (Lipinski definition) is 11. The lowest BCUT2D eigenvalue weighted by molar-refractivity contribution is -0.176. The molecule has 0 aliphatic carbocycles. The minimum atomic E-state index is -4.99. The van der Waals surface area contributed by atoms with Crippen molar-refractivity contribution in [3.63, 3.8) is 0 Å². The van der Waals surface area contributed by atoms with E-state index in [1.807, 2.05) is 0 Å². The fraction of sp³-hybridized carbons (Fsp3) is 0.900. The first-order valence-electron chi connectivity index (χ1n) is 10.7. The first-order chi connectivity index (χ1) is 14.8. The molecule has 33 heavy (non-hydrogen) atoms. The lowest BCUT2D eigenvalue weighted by Gasteiger charge is -2.28. The van der Waals surface area contributed by atoms with E-state index in [9.17, 15) is 22.6 Å². The van der Waals surface area contributed by atoms with E-state index in [0.717, 1.165) is 0 Å². The molecule has 0 amide bonds. The standard InChI is InChI=1S/C20H41N2O9PS/c1-14(28-17(23)19(3,4)5)30-32(25,31-15(2)29-18(24)20(6,7)8)33(26,27)13-16(11-21-9)12-22-10/h14-16,21-22H,11-13H2,1-10H3.